The minimum Gasteiger partial charge on any atom is -0.186 e. The monoisotopic (exact) mass is 218 g/mol. The summed E-state index contributed by atoms with van der Waals surface area (Å²) in [6.07, 6.45) is 0. The summed E-state index contributed by atoms with van der Waals surface area (Å²) in [6, 6.07) is 11.1. The smallest absolute Gasteiger partial charge is 0.186 e. The Hall–Kier alpha value is -1.15. The summed E-state index contributed by atoms with van der Waals surface area (Å²) >= 11 is 1.82. The zero-order chi connectivity index (χ0) is 10.8. The van der Waals surface area contributed by atoms with E-state index in [-0.39, 0.29) is 0 Å². The Bertz CT molecular complexity index is 445. The highest BCUT2D eigenvalue weighted by atomic mass is 32.1. The molecule has 0 aliphatic carbocycles. The Kier molecular flexibility index (Phi) is 2.87. The van der Waals surface area contributed by atoms with Crippen LogP contribution in [0, 0.1) is 13.8 Å². The van der Waals surface area contributed by atoms with Gasteiger partial charge in [0.1, 0.15) is 0 Å². The molecule has 0 N–H and O–H groups in total. The molecule has 78 valence electrons. The van der Waals surface area contributed by atoms with E-state index in [4.69, 9.17) is 0 Å². The maximum absolute atomic E-state index is 2.34. The number of rotatable bonds is 2. The molecule has 0 spiro atoms. The van der Waals surface area contributed by atoms with Crippen LogP contribution >= 0.6 is 11.3 Å². The van der Waals surface area contributed by atoms with Crippen molar-refractivity contribution in [3.63, 3.8) is 0 Å². The topological polar surface area (TPSA) is 3.88 Å². The summed E-state index contributed by atoms with van der Waals surface area (Å²) in [4.78, 5) is 1.40. The quantitative estimate of drug-likeness (QED) is 0.681. The summed E-state index contributed by atoms with van der Waals surface area (Å²) in [7, 11) is 0. The van der Waals surface area contributed by atoms with Gasteiger partial charge in [-0.05, 0) is 6.92 Å². The number of thiazole rings is 1. The molecule has 1 atom stereocenters. The van der Waals surface area contributed by atoms with Gasteiger partial charge in [-0.1, -0.05) is 41.7 Å². The molecule has 1 nitrogen and oxygen atoms in total. The average Bonchev–Trinajstić information content (AvgIpc) is 2.60. The van der Waals surface area contributed by atoms with Crippen LogP contribution in [0.5, 0.6) is 0 Å². The van der Waals surface area contributed by atoms with E-state index in [1.54, 1.807) is 0 Å². The normalized spacial score (nSPS) is 12.7. The molecule has 1 heterocycles. The minimum atomic E-state index is 0.427. The van der Waals surface area contributed by atoms with E-state index in [0.717, 1.165) is 0 Å². The first-order valence-corrected chi connectivity index (χ1v) is 6.09. The third-order valence-electron chi connectivity index (χ3n) is 2.94. The second-order valence-corrected chi connectivity index (χ2v) is 4.92. The SMILES string of the molecule is Cc1sc[n+]([C@@H](C)c2ccccc2)c1C. The molecule has 0 saturated carbocycles. The lowest BCUT2D eigenvalue weighted by molar-refractivity contribution is -0.711. The van der Waals surface area contributed by atoms with Crippen LogP contribution in [0.25, 0.3) is 0 Å². The Morgan fingerprint density at radius 3 is 2.33 bits per heavy atom. The Balaban J connectivity index is 2.37. The van der Waals surface area contributed by atoms with Crippen LogP contribution < -0.4 is 4.57 Å². The van der Waals surface area contributed by atoms with Gasteiger partial charge in [-0.2, -0.15) is 4.57 Å². The molecule has 2 heteroatoms. The second kappa shape index (κ2) is 4.15. The third kappa shape index (κ3) is 1.95. The number of aromatic nitrogens is 1. The van der Waals surface area contributed by atoms with Crippen molar-refractivity contribution in [3.8, 4) is 0 Å². The van der Waals surface area contributed by atoms with E-state index < -0.39 is 0 Å². The molecule has 0 amide bonds. The van der Waals surface area contributed by atoms with Gasteiger partial charge in [0.25, 0.3) is 0 Å². The molecular formula is C13H16NS+. The highest BCUT2D eigenvalue weighted by Gasteiger charge is 2.20. The lowest BCUT2D eigenvalue weighted by atomic mass is 10.1. The van der Waals surface area contributed by atoms with Crippen LogP contribution in [0.3, 0.4) is 0 Å². The van der Waals surface area contributed by atoms with E-state index in [0.29, 0.717) is 6.04 Å². The van der Waals surface area contributed by atoms with Crippen molar-refractivity contribution in [1.82, 2.24) is 0 Å². The Labute approximate surface area is 95.0 Å². The molecule has 0 aliphatic heterocycles. The van der Waals surface area contributed by atoms with Gasteiger partial charge in [-0.15, -0.1) is 0 Å². The van der Waals surface area contributed by atoms with E-state index in [1.165, 1.54) is 16.1 Å². The van der Waals surface area contributed by atoms with Crippen molar-refractivity contribution in [1.29, 1.82) is 0 Å². The van der Waals surface area contributed by atoms with Gasteiger partial charge in [-0.25, -0.2) is 0 Å². The zero-order valence-electron chi connectivity index (χ0n) is 9.40. The fourth-order valence-corrected chi connectivity index (χ4v) is 2.64. The van der Waals surface area contributed by atoms with Crippen molar-refractivity contribution in [2.75, 3.05) is 0 Å². The van der Waals surface area contributed by atoms with Crippen LogP contribution in [-0.2, 0) is 0 Å². The summed E-state index contributed by atoms with van der Waals surface area (Å²) < 4.78 is 2.34. The molecule has 0 bridgehead atoms. The number of hydrogen-bond donors (Lipinski definition) is 0. The van der Waals surface area contributed by atoms with Gasteiger partial charge in [0.15, 0.2) is 11.7 Å². The van der Waals surface area contributed by atoms with Crippen LogP contribution in [0.15, 0.2) is 35.8 Å². The first-order valence-electron chi connectivity index (χ1n) is 5.21. The van der Waals surface area contributed by atoms with Gasteiger partial charge >= 0.3 is 0 Å². The van der Waals surface area contributed by atoms with E-state index in [2.05, 4.69) is 61.2 Å². The highest BCUT2D eigenvalue weighted by molar-refractivity contribution is 7.09. The van der Waals surface area contributed by atoms with Crippen molar-refractivity contribution < 1.29 is 4.57 Å². The predicted molar refractivity (Wildman–Crippen MR) is 64.2 cm³/mol. The lowest BCUT2D eigenvalue weighted by Crippen LogP contribution is -2.38. The first-order chi connectivity index (χ1) is 7.20. The van der Waals surface area contributed by atoms with Crippen LogP contribution in [0.1, 0.15) is 29.1 Å². The number of aryl methyl sites for hydroxylation is 1. The summed E-state index contributed by atoms with van der Waals surface area (Å²) in [6.45, 7) is 6.61. The Morgan fingerprint density at radius 1 is 1.13 bits per heavy atom. The average molecular weight is 218 g/mol. The van der Waals surface area contributed by atoms with E-state index in [1.807, 2.05) is 11.3 Å². The lowest BCUT2D eigenvalue weighted by Gasteiger charge is -2.06. The number of hydrogen-bond acceptors (Lipinski definition) is 1. The summed E-state index contributed by atoms with van der Waals surface area (Å²) in [5.74, 6) is 0. The number of nitrogens with zero attached hydrogens (tertiary/aromatic N) is 1. The fourth-order valence-electron chi connectivity index (χ4n) is 1.76. The standard InChI is InChI=1S/C13H16NS/c1-10-12(3)15-9-14(10)11(2)13-7-5-4-6-8-13/h4-9,11H,1-3H3/q+1/t11-/m0/s1. The summed E-state index contributed by atoms with van der Waals surface area (Å²) in [5.41, 5.74) is 4.95. The van der Waals surface area contributed by atoms with Gasteiger partial charge in [-0.3, -0.25) is 0 Å². The largest absolute Gasteiger partial charge is 0.225 e. The Morgan fingerprint density at radius 2 is 1.80 bits per heavy atom. The molecule has 0 saturated heterocycles. The first kappa shape index (κ1) is 10.4. The van der Waals surface area contributed by atoms with Gasteiger partial charge < -0.3 is 0 Å². The van der Waals surface area contributed by atoms with Crippen molar-refractivity contribution in [2.45, 2.75) is 26.8 Å². The maximum atomic E-state index is 2.34. The van der Waals surface area contributed by atoms with E-state index in [9.17, 15) is 0 Å². The van der Waals surface area contributed by atoms with Crippen molar-refractivity contribution >= 4 is 11.3 Å². The molecule has 2 rings (SSSR count). The van der Waals surface area contributed by atoms with Crippen LogP contribution in [-0.4, -0.2) is 0 Å². The molecule has 1 aromatic heterocycles. The minimum absolute atomic E-state index is 0.427. The van der Waals surface area contributed by atoms with Crippen molar-refractivity contribution in [3.05, 3.63) is 52.0 Å². The second-order valence-electron chi connectivity index (χ2n) is 3.86. The van der Waals surface area contributed by atoms with Crippen LogP contribution in [0.2, 0.25) is 0 Å². The van der Waals surface area contributed by atoms with E-state index >= 15 is 0 Å². The predicted octanol–water partition coefficient (Wildman–Crippen LogP) is 3.26. The molecule has 15 heavy (non-hydrogen) atoms. The molecule has 0 aliphatic rings. The van der Waals surface area contributed by atoms with Gasteiger partial charge in [0.2, 0.25) is 5.51 Å². The fraction of sp³-hybridized carbons (Fsp3) is 0.308. The molecule has 1 aromatic carbocycles. The van der Waals surface area contributed by atoms with Gasteiger partial charge in [0, 0.05) is 19.4 Å². The van der Waals surface area contributed by atoms with Crippen molar-refractivity contribution in [2.24, 2.45) is 0 Å². The number of benzene rings is 1. The molecule has 2 aromatic rings. The van der Waals surface area contributed by atoms with Gasteiger partial charge in [0.05, 0.1) is 4.88 Å². The summed E-state index contributed by atoms with van der Waals surface area (Å²) in [5, 5.41) is 0. The maximum Gasteiger partial charge on any atom is 0.225 e. The molecule has 0 fully saturated rings. The third-order valence-corrected chi connectivity index (χ3v) is 3.92. The molecule has 0 radical (unpaired) electrons. The molecular weight excluding hydrogens is 202 g/mol. The van der Waals surface area contributed by atoms with Crippen LogP contribution in [0.4, 0.5) is 0 Å². The molecule has 0 unspecified atom stereocenters. The highest BCUT2D eigenvalue weighted by Crippen LogP contribution is 2.16. The zero-order valence-corrected chi connectivity index (χ0v) is 10.2.